The molecule has 17 heavy (non-hydrogen) atoms. The van der Waals surface area contributed by atoms with Crippen LogP contribution in [0.1, 0.15) is 25.5 Å². The second-order valence-electron chi connectivity index (χ2n) is 4.78. The molecule has 0 spiro atoms. The molecule has 0 aliphatic heterocycles. The monoisotopic (exact) mass is 257 g/mol. The van der Waals surface area contributed by atoms with E-state index >= 15 is 0 Å². The van der Waals surface area contributed by atoms with Crippen LogP contribution in [-0.4, -0.2) is 30.0 Å². The third-order valence-electron chi connectivity index (χ3n) is 2.97. The molecule has 0 aliphatic rings. The number of halogens is 1. The second kappa shape index (κ2) is 6.36. The van der Waals surface area contributed by atoms with Gasteiger partial charge in [0, 0.05) is 23.0 Å². The highest BCUT2D eigenvalue weighted by molar-refractivity contribution is 6.30. The molecule has 0 heterocycles. The third-order valence-corrected chi connectivity index (χ3v) is 3.22. The van der Waals surface area contributed by atoms with E-state index < -0.39 is 5.41 Å². The van der Waals surface area contributed by atoms with Crippen LogP contribution in [0.2, 0.25) is 5.02 Å². The molecule has 1 aromatic carbocycles. The van der Waals surface area contributed by atoms with Crippen molar-refractivity contribution >= 4 is 11.6 Å². The summed E-state index contributed by atoms with van der Waals surface area (Å²) in [6.07, 6.45) is 0. The SMILES string of the molecule is CC(NCC(C)(CO)CO)c1ccc(Cl)cc1. The highest BCUT2D eigenvalue weighted by Gasteiger charge is 2.22. The molecule has 0 aliphatic carbocycles. The number of aliphatic hydroxyl groups is 2. The molecule has 0 fully saturated rings. The number of hydrogen-bond donors (Lipinski definition) is 3. The van der Waals surface area contributed by atoms with Crippen molar-refractivity contribution in [2.45, 2.75) is 19.9 Å². The predicted octanol–water partition coefficient (Wildman–Crippen LogP) is 1.98. The lowest BCUT2D eigenvalue weighted by atomic mass is 9.92. The Morgan fingerprint density at radius 3 is 2.24 bits per heavy atom. The molecule has 1 unspecified atom stereocenters. The van der Waals surface area contributed by atoms with Gasteiger partial charge in [-0.05, 0) is 24.6 Å². The van der Waals surface area contributed by atoms with E-state index in [0.29, 0.717) is 6.54 Å². The van der Waals surface area contributed by atoms with Gasteiger partial charge in [0.05, 0.1) is 13.2 Å². The number of nitrogens with one attached hydrogen (secondary N) is 1. The van der Waals surface area contributed by atoms with E-state index in [1.807, 2.05) is 38.1 Å². The summed E-state index contributed by atoms with van der Waals surface area (Å²) < 4.78 is 0. The maximum absolute atomic E-state index is 9.19. The van der Waals surface area contributed by atoms with Crippen LogP contribution in [0.4, 0.5) is 0 Å². The predicted molar refractivity (Wildman–Crippen MR) is 70.1 cm³/mol. The van der Waals surface area contributed by atoms with E-state index in [-0.39, 0.29) is 19.3 Å². The molecule has 0 bridgehead atoms. The van der Waals surface area contributed by atoms with Gasteiger partial charge in [0.1, 0.15) is 0 Å². The van der Waals surface area contributed by atoms with Crippen molar-refractivity contribution in [1.82, 2.24) is 5.32 Å². The molecule has 0 radical (unpaired) electrons. The highest BCUT2D eigenvalue weighted by Crippen LogP contribution is 2.18. The normalized spacial score (nSPS) is 13.7. The first-order valence-corrected chi connectivity index (χ1v) is 6.09. The van der Waals surface area contributed by atoms with E-state index in [4.69, 9.17) is 11.6 Å². The van der Waals surface area contributed by atoms with Gasteiger partial charge >= 0.3 is 0 Å². The molecule has 0 amide bonds. The summed E-state index contributed by atoms with van der Waals surface area (Å²) in [4.78, 5) is 0. The molecule has 1 aromatic rings. The van der Waals surface area contributed by atoms with Gasteiger partial charge < -0.3 is 15.5 Å². The van der Waals surface area contributed by atoms with Gasteiger partial charge in [0.15, 0.2) is 0 Å². The van der Waals surface area contributed by atoms with E-state index in [9.17, 15) is 10.2 Å². The summed E-state index contributed by atoms with van der Waals surface area (Å²) in [5.41, 5.74) is 0.647. The Bertz CT molecular complexity index is 336. The quantitative estimate of drug-likeness (QED) is 0.731. The van der Waals surface area contributed by atoms with Crippen molar-refractivity contribution in [2.24, 2.45) is 5.41 Å². The van der Waals surface area contributed by atoms with Crippen LogP contribution in [0.25, 0.3) is 0 Å². The van der Waals surface area contributed by atoms with Crippen LogP contribution in [0.3, 0.4) is 0 Å². The second-order valence-corrected chi connectivity index (χ2v) is 5.22. The Hall–Kier alpha value is -0.610. The molecule has 1 atom stereocenters. The Balaban J connectivity index is 2.55. The van der Waals surface area contributed by atoms with Crippen molar-refractivity contribution in [3.05, 3.63) is 34.9 Å². The summed E-state index contributed by atoms with van der Waals surface area (Å²) in [5.74, 6) is 0. The average Bonchev–Trinajstić information content (AvgIpc) is 2.36. The molecule has 1 rings (SSSR count). The summed E-state index contributed by atoms with van der Waals surface area (Å²) >= 11 is 5.82. The van der Waals surface area contributed by atoms with Gasteiger partial charge in [-0.3, -0.25) is 0 Å². The van der Waals surface area contributed by atoms with E-state index in [1.165, 1.54) is 0 Å². The zero-order valence-electron chi connectivity index (χ0n) is 10.3. The Morgan fingerprint density at radius 2 is 1.76 bits per heavy atom. The lowest BCUT2D eigenvalue weighted by molar-refractivity contribution is 0.0677. The lowest BCUT2D eigenvalue weighted by Crippen LogP contribution is -2.38. The highest BCUT2D eigenvalue weighted by atomic mass is 35.5. The molecular formula is C13H20ClNO2. The fourth-order valence-corrected chi connectivity index (χ4v) is 1.56. The molecule has 3 nitrogen and oxygen atoms in total. The minimum Gasteiger partial charge on any atom is -0.396 e. The Morgan fingerprint density at radius 1 is 1.24 bits per heavy atom. The van der Waals surface area contributed by atoms with Crippen LogP contribution in [0.5, 0.6) is 0 Å². The summed E-state index contributed by atoms with van der Waals surface area (Å²) in [6.45, 7) is 4.37. The minimum absolute atomic E-state index is 0.0379. The van der Waals surface area contributed by atoms with Crippen LogP contribution in [-0.2, 0) is 0 Å². The van der Waals surface area contributed by atoms with Crippen LogP contribution >= 0.6 is 11.6 Å². The van der Waals surface area contributed by atoms with Crippen molar-refractivity contribution < 1.29 is 10.2 Å². The first-order chi connectivity index (χ1) is 8.00. The van der Waals surface area contributed by atoms with Gasteiger partial charge in [-0.15, -0.1) is 0 Å². The molecule has 0 saturated carbocycles. The fraction of sp³-hybridized carbons (Fsp3) is 0.538. The van der Waals surface area contributed by atoms with Crippen LogP contribution in [0, 0.1) is 5.41 Å². The van der Waals surface area contributed by atoms with Crippen molar-refractivity contribution in [1.29, 1.82) is 0 Å². The minimum atomic E-state index is -0.485. The first-order valence-electron chi connectivity index (χ1n) is 5.71. The van der Waals surface area contributed by atoms with Crippen molar-refractivity contribution in [3.8, 4) is 0 Å². The van der Waals surface area contributed by atoms with Gasteiger partial charge in [0.25, 0.3) is 0 Å². The topological polar surface area (TPSA) is 52.5 Å². The lowest BCUT2D eigenvalue weighted by Gasteiger charge is -2.27. The standard InChI is InChI=1S/C13H20ClNO2/c1-10(11-3-5-12(14)6-4-11)15-7-13(2,8-16)9-17/h3-6,10,15-17H,7-9H2,1-2H3. The summed E-state index contributed by atoms with van der Waals surface area (Å²) in [7, 11) is 0. The smallest absolute Gasteiger partial charge is 0.0519 e. The van der Waals surface area contributed by atoms with E-state index in [2.05, 4.69) is 5.32 Å². The summed E-state index contributed by atoms with van der Waals surface area (Å²) in [6, 6.07) is 7.80. The van der Waals surface area contributed by atoms with Gasteiger partial charge in [-0.1, -0.05) is 30.7 Å². The van der Waals surface area contributed by atoms with Crippen LogP contribution in [0.15, 0.2) is 24.3 Å². The van der Waals surface area contributed by atoms with Crippen molar-refractivity contribution in [2.75, 3.05) is 19.8 Å². The Labute approximate surface area is 107 Å². The maximum atomic E-state index is 9.19. The number of aliphatic hydroxyl groups excluding tert-OH is 2. The largest absolute Gasteiger partial charge is 0.396 e. The Kier molecular flexibility index (Phi) is 5.40. The number of hydrogen-bond acceptors (Lipinski definition) is 3. The number of rotatable bonds is 6. The fourth-order valence-electron chi connectivity index (χ4n) is 1.43. The molecule has 96 valence electrons. The number of benzene rings is 1. The molecular weight excluding hydrogens is 238 g/mol. The van der Waals surface area contributed by atoms with Crippen molar-refractivity contribution in [3.63, 3.8) is 0 Å². The third kappa shape index (κ3) is 4.28. The molecule has 0 aromatic heterocycles. The molecule has 0 saturated heterocycles. The summed E-state index contributed by atoms with van der Waals surface area (Å²) in [5, 5.41) is 22.4. The average molecular weight is 258 g/mol. The van der Waals surface area contributed by atoms with Crippen LogP contribution < -0.4 is 5.32 Å². The zero-order valence-corrected chi connectivity index (χ0v) is 11.0. The van der Waals surface area contributed by atoms with Gasteiger partial charge in [-0.25, -0.2) is 0 Å². The first kappa shape index (κ1) is 14.5. The van der Waals surface area contributed by atoms with Gasteiger partial charge in [-0.2, -0.15) is 0 Å². The van der Waals surface area contributed by atoms with Gasteiger partial charge in [0.2, 0.25) is 0 Å². The zero-order chi connectivity index (χ0) is 12.9. The van der Waals surface area contributed by atoms with E-state index in [1.54, 1.807) is 0 Å². The van der Waals surface area contributed by atoms with E-state index in [0.717, 1.165) is 10.6 Å². The maximum Gasteiger partial charge on any atom is 0.0519 e. The molecule has 4 heteroatoms. The molecule has 3 N–H and O–H groups in total.